The van der Waals surface area contributed by atoms with E-state index in [-0.39, 0.29) is 0 Å². The van der Waals surface area contributed by atoms with Gasteiger partial charge in [0.15, 0.2) is 0 Å². The van der Waals surface area contributed by atoms with Crippen molar-refractivity contribution in [3.05, 3.63) is 21.9 Å². The van der Waals surface area contributed by atoms with Crippen molar-refractivity contribution < 1.29 is 9.47 Å². The highest BCUT2D eigenvalue weighted by Crippen LogP contribution is 2.23. The highest BCUT2D eigenvalue weighted by molar-refractivity contribution is 7.11. The van der Waals surface area contributed by atoms with Gasteiger partial charge in [-0.2, -0.15) is 0 Å². The lowest BCUT2D eigenvalue weighted by atomic mass is 10.2. The minimum absolute atomic E-state index is 0.403. The molecule has 1 saturated carbocycles. The lowest BCUT2D eigenvalue weighted by Gasteiger charge is -2.27. The van der Waals surface area contributed by atoms with Gasteiger partial charge in [0.2, 0.25) is 0 Å². The van der Waals surface area contributed by atoms with Gasteiger partial charge >= 0.3 is 0 Å². The van der Waals surface area contributed by atoms with Crippen LogP contribution in [-0.4, -0.2) is 51.0 Å². The summed E-state index contributed by atoms with van der Waals surface area (Å²) in [6.45, 7) is 6.65. The Balaban J connectivity index is 1.85. The lowest BCUT2D eigenvalue weighted by Crippen LogP contribution is -2.37. The maximum absolute atomic E-state index is 5.29. The Hall–Kier alpha value is -0.460. The van der Waals surface area contributed by atoms with Gasteiger partial charge in [-0.15, -0.1) is 11.3 Å². The van der Waals surface area contributed by atoms with Crippen LogP contribution >= 0.6 is 11.3 Å². The quantitative estimate of drug-likeness (QED) is 0.681. The summed E-state index contributed by atoms with van der Waals surface area (Å²) in [5.41, 5.74) is 0. The van der Waals surface area contributed by atoms with E-state index in [0.717, 1.165) is 38.9 Å². The molecule has 5 heteroatoms. The summed E-state index contributed by atoms with van der Waals surface area (Å²) >= 11 is 1.91. The van der Waals surface area contributed by atoms with E-state index < -0.39 is 0 Å². The molecule has 4 nitrogen and oxygen atoms in total. The van der Waals surface area contributed by atoms with Crippen LogP contribution in [0, 0.1) is 0 Å². The topological polar surface area (TPSA) is 33.7 Å². The zero-order valence-corrected chi connectivity index (χ0v) is 14.2. The number of hydrogen-bond acceptors (Lipinski definition) is 5. The molecule has 0 amide bonds. The van der Waals surface area contributed by atoms with Crippen molar-refractivity contribution in [2.45, 2.75) is 44.9 Å². The first-order valence-electron chi connectivity index (χ1n) is 7.75. The predicted octanol–water partition coefficient (Wildman–Crippen LogP) is 2.48. The van der Waals surface area contributed by atoms with E-state index in [2.05, 4.69) is 29.3 Å². The Morgan fingerprint density at radius 3 is 2.71 bits per heavy atom. The molecule has 1 aromatic heterocycles. The highest BCUT2D eigenvalue weighted by atomic mass is 32.1. The van der Waals surface area contributed by atoms with Crippen molar-refractivity contribution in [2.75, 3.05) is 34.0 Å². The smallest absolute Gasteiger partial charge is 0.0615 e. The second-order valence-electron chi connectivity index (χ2n) is 5.79. The molecule has 1 atom stereocenters. The third-order valence-electron chi connectivity index (χ3n) is 3.83. The number of nitrogens with zero attached hydrogens (tertiary/aromatic N) is 1. The first-order chi connectivity index (χ1) is 10.2. The van der Waals surface area contributed by atoms with Crippen molar-refractivity contribution >= 4 is 11.3 Å². The van der Waals surface area contributed by atoms with Gasteiger partial charge < -0.3 is 14.8 Å². The molecule has 2 rings (SSSR count). The molecule has 0 radical (unpaired) electrons. The van der Waals surface area contributed by atoms with Gasteiger partial charge in [-0.05, 0) is 31.9 Å². The second-order valence-corrected chi connectivity index (χ2v) is 7.04. The summed E-state index contributed by atoms with van der Waals surface area (Å²) in [5, 5.41) is 3.57. The van der Waals surface area contributed by atoms with Crippen LogP contribution in [0.1, 0.15) is 29.5 Å². The Kier molecular flexibility index (Phi) is 7.13. The number of ether oxygens (including phenoxy) is 2. The van der Waals surface area contributed by atoms with E-state index in [1.807, 2.05) is 11.3 Å². The fourth-order valence-corrected chi connectivity index (χ4v) is 3.34. The fourth-order valence-electron chi connectivity index (χ4n) is 2.35. The maximum atomic E-state index is 5.29. The molecule has 0 aromatic carbocycles. The van der Waals surface area contributed by atoms with Gasteiger partial charge in [0.25, 0.3) is 0 Å². The standard InChI is InChI=1S/C16H28N2O2S/c1-13(12-20-3)18(8-9-19-2)11-16-7-6-15(21-16)10-17-14-4-5-14/h6-7,13-14,17H,4-5,8-12H2,1-3H3. The van der Waals surface area contributed by atoms with Crippen LogP contribution in [0.25, 0.3) is 0 Å². The van der Waals surface area contributed by atoms with E-state index in [9.17, 15) is 0 Å². The molecule has 1 aliphatic rings. The molecule has 1 aliphatic carbocycles. The second kappa shape index (κ2) is 8.86. The molecule has 1 fully saturated rings. The molecular weight excluding hydrogens is 284 g/mol. The SMILES string of the molecule is COCCN(Cc1ccc(CNC2CC2)s1)C(C)COC. The summed E-state index contributed by atoms with van der Waals surface area (Å²) in [6, 6.07) is 5.69. The van der Waals surface area contributed by atoms with Crippen molar-refractivity contribution in [3.63, 3.8) is 0 Å². The molecule has 0 bridgehead atoms. The molecule has 21 heavy (non-hydrogen) atoms. The van der Waals surface area contributed by atoms with Gasteiger partial charge in [-0.3, -0.25) is 4.90 Å². The summed E-state index contributed by atoms with van der Waals surface area (Å²) in [6.07, 6.45) is 2.69. The van der Waals surface area contributed by atoms with E-state index in [4.69, 9.17) is 9.47 Å². The average molecular weight is 312 g/mol. The van der Waals surface area contributed by atoms with Gasteiger partial charge in [0.1, 0.15) is 0 Å². The molecule has 0 spiro atoms. The van der Waals surface area contributed by atoms with Crippen LogP contribution in [0.15, 0.2) is 12.1 Å². The van der Waals surface area contributed by atoms with Crippen LogP contribution in [0.5, 0.6) is 0 Å². The van der Waals surface area contributed by atoms with Crippen molar-refractivity contribution in [1.82, 2.24) is 10.2 Å². The fraction of sp³-hybridized carbons (Fsp3) is 0.750. The first kappa shape index (κ1) is 16.9. The number of hydrogen-bond donors (Lipinski definition) is 1. The van der Waals surface area contributed by atoms with E-state index >= 15 is 0 Å². The van der Waals surface area contributed by atoms with Crippen LogP contribution in [0.3, 0.4) is 0 Å². The van der Waals surface area contributed by atoms with Crippen LogP contribution in [-0.2, 0) is 22.6 Å². The minimum atomic E-state index is 0.403. The third-order valence-corrected chi connectivity index (χ3v) is 4.90. The minimum Gasteiger partial charge on any atom is -0.383 e. The molecular formula is C16H28N2O2S. The van der Waals surface area contributed by atoms with Gasteiger partial charge in [0.05, 0.1) is 13.2 Å². The Labute approximate surface area is 132 Å². The predicted molar refractivity (Wildman–Crippen MR) is 87.8 cm³/mol. The Morgan fingerprint density at radius 1 is 1.29 bits per heavy atom. The number of thiophene rings is 1. The van der Waals surface area contributed by atoms with E-state index in [1.54, 1.807) is 14.2 Å². The zero-order valence-electron chi connectivity index (χ0n) is 13.4. The Bertz CT molecular complexity index is 407. The van der Waals surface area contributed by atoms with Crippen LogP contribution in [0.2, 0.25) is 0 Å². The van der Waals surface area contributed by atoms with Crippen LogP contribution < -0.4 is 5.32 Å². The van der Waals surface area contributed by atoms with Gasteiger partial charge in [-0.25, -0.2) is 0 Å². The number of methoxy groups -OCH3 is 2. The van der Waals surface area contributed by atoms with Gasteiger partial charge in [0, 0.05) is 55.7 Å². The molecule has 120 valence electrons. The maximum Gasteiger partial charge on any atom is 0.0615 e. The lowest BCUT2D eigenvalue weighted by molar-refractivity contribution is 0.0711. The van der Waals surface area contributed by atoms with Crippen molar-refractivity contribution in [1.29, 1.82) is 0 Å². The molecule has 0 saturated heterocycles. The summed E-state index contributed by atoms with van der Waals surface area (Å²) in [7, 11) is 3.52. The summed E-state index contributed by atoms with van der Waals surface area (Å²) in [4.78, 5) is 5.28. The number of nitrogens with one attached hydrogen (secondary N) is 1. The summed E-state index contributed by atoms with van der Waals surface area (Å²) in [5.74, 6) is 0. The normalized spacial score (nSPS) is 16.6. The molecule has 1 unspecified atom stereocenters. The number of rotatable bonds is 11. The zero-order chi connectivity index (χ0) is 15.1. The average Bonchev–Trinajstić information content (AvgIpc) is 3.20. The van der Waals surface area contributed by atoms with Gasteiger partial charge in [-0.1, -0.05) is 0 Å². The first-order valence-corrected chi connectivity index (χ1v) is 8.57. The molecule has 0 aliphatic heterocycles. The largest absolute Gasteiger partial charge is 0.383 e. The van der Waals surface area contributed by atoms with Crippen molar-refractivity contribution in [2.24, 2.45) is 0 Å². The van der Waals surface area contributed by atoms with E-state index in [0.29, 0.717) is 6.04 Å². The summed E-state index contributed by atoms with van der Waals surface area (Å²) < 4.78 is 10.5. The Morgan fingerprint density at radius 2 is 2.05 bits per heavy atom. The van der Waals surface area contributed by atoms with E-state index in [1.165, 1.54) is 22.6 Å². The van der Waals surface area contributed by atoms with Crippen molar-refractivity contribution in [3.8, 4) is 0 Å². The monoisotopic (exact) mass is 312 g/mol. The molecule has 1 heterocycles. The van der Waals surface area contributed by atoms with Crippen LogP contribution in [0.4, 0.5) is 0 Å². The molecule has 1 aromatic rings. The molecule has 1 N–H and O–H groups in total. The third kappa shape index (κ3) is 6.04. The highest BCUT2D eigenvalue weighted by Gasteiger charge is 2.20.